The maximum Gasteiger partial charge on any atom is 0.419 e. The van der Waals surface area contributed by atoms with Gasteiger partial charge in [0.2, 0.25) is 15.9 Å². The fraction of sp³-hybridized carbons (Fsp3) is 0.300. The molecule has 0 unspecified atom stereocenters. The van der Waals surface area contributed by atoms with Gasteiger partial charge in [-0.05, 0) is 24.3 Å². The number of aryl methyl sites for hydroxylation is 1. The number of fused-ring (bicyclic) bond motifs is 1. The van der Waals surface area contributed by atoms with Crippen LogP contribution >= 0.6 is 0 Å². The smallest absolute Gasteiger partial charge is 0.408 e. The van der Waals surface area contributed by atoms with E-state index in [1.54, 1.807) is 53.4 Å². The Balaban J connectivity index is 1.37. The van der Waals surface area contributed by atoms with Crippen LogP contribution in [-0.4, -0.2) is 54.3 Å². The van der Waals surface area contributed by atoms with Crippen molar-refractivity contribution in [3.8, 4) is 0 Å². The number of nitrogens with zero attached hydrogens (tertiary/aromatic N) is 3. The van der Waals surface area contributed by atoms with Crippen molar-refractivity contribution in [2.24, 2.45) is 0 Å². The van der Waals surface area contributed by atoms with Crippen LogP contribution in [0.25, 0.3) is 11.1 Å². The Hall–Kier alpha value is -2.91. The molecule has 2 aromatic carbocycles. The zero-order valence-corrected chi connectivity index (χ0v) is 16.5. The first-order chi connectivity index (χ1) is 14.0. The summed E-state index contributed by atoms with van der Waals surface area (Å²) in [6.07, 6.45) is 0.148. The summed E-state index contributed by atoms with van der Waals surface area (Å²) in [6.45, 7) is 1.37. The third-order valence-electron chi connectivity index (χ3n) is 5.10. The molecule has 9 heteroatoms. The summed E-state index contributed by atoms with van der Waals surface area (Å²) in [6, 6.07) is 15.4. The molecule has 0 aliphatic carbocycles. The van der Waals surface area contributed by atoms with Gasteiger partial charge in [-0.3, -0.25) is 9.36 Å². The van der Waals surface area contributed by atoms with Crippen LogP contribution in [0.15, 0.2) is 68.7 Å². The number of aromatic nitrogens is 1. The highest BCUT2D eigenvalue weighted by Crippen LogP contribution is 2.18. The van der Waals surface area contributed by atoms with E-state index in [4.69, 9.17) is 4.42 Å². The number of hydrogen-bond donors (Lipinski definition) is 0. The molecule has 0 bridgehead atoms. The van der Waals surface area contributed by atoms with Gasteiger partial charge < -0.3 is 9.32 Å². The number of hydrogen-bond acceptors (Lipinski definition) is 5. The summed E-state index contributed by atoms with van der Waals surface area (Å²) in [5.41, 5.74) is 1.15. The molecule has 8 nitrogen and oxygen atoms in total. The lowest BCUT2D eigenvalue weighted by atomic mass is 10.3. The Bertz CT molecular complexity index is 1180. The molecular weight excluding hydrogens is 394 g/mol. The number of rotatable bonds is 5. The molecule has 1 fully saturated rings. The Morgan fingerprint density at radius 2 is 1.59 bits per heavy atom. The standard InChI is InChI=1S/C20H21N3O5S/c24-19(10-11-23-17-8-4-5-9-18(17)28-20(23)25)21-12-14-22(15-13-21)29(26,27)16-6-2-1-3-7-16/h1-9H,10-15H2. The predicted molar refractivity (Wildman–Crippen MR) is 107 cm³/mol. The van der Waals surface area contributed by atoms with Gasteiger partial charge in [-0.25, -0.2) is 13.2 Å². The Morgan fingerprint density at radius 1 is 0.931 bits per heavy atom. The second-order valence-electron chi connectivity index (χ2n) is 6.84. The quantitative estimate of drug-likeness (QED) is 0.630. The number of sulfonamides is 1. The van der Waals surface area contributed by atoms with Gasteiger partial charge in [0, 0.05) is 39.1 Å². The molecule has 0 saturated carbocycles. The molecule has 29 heavy (non-hydrogen) atoms. The summed E-state index contributed by atoms with van der Waals surface area (Å²) in [5.74, 6) is -0.600. The lowest BCUT2D eigenvalue weighted by Crippen LogP contribution is -2.50. The largest absolute Gasteiger partial charge is 0.419 e. The average molecular weight is 415 g/mol. The minimum absolute atomic E-state index is 0.112. The molecule has 152 valence electrons. The van der Waals surface area contributed by atoms with Crippen molar-refractivity contribution in [1.29, 1.82) is 0 Å². The molecule has 1 aromatic heterocycles. The molecule has 0 spiro atoms. The number of carbonyl (C=O) groups excluding carboxylic acids is 1. The predicted octanol–water partition coefficient (Wildman–Crippen LogP) is 1.52. The maximum atomic E-state index is 12.7. The van der Waals surface area contributed by atoms with Crippen LogP contribution in [0.5, 0.6) is 0 Å². The van der Waals surface area contributed by atoms with E-state index >= 15 is 0 Å². The molecule has 0 radical (unpaired) electrons. The molecule has 1 aliphatic heterocycles. The number of para-hydroxylation sites is 2. The van der Waals surface area contributed by atoms with Crippen molar-refractivity contribution >= 4 is 27.0 Å². The number of benzene rings is 2. The van der Waals surface area contributed by atoms with E-state index < -0.39 is 15.8 Å². The fourth-order valence-electron chi connectivity index (χ4n) is 3.51. The van der Waals surface area contributed by atoms with E-state index in [2.05, 4.69) is 0 Å². The van der Waals surface area contributed by atoms with E-state index in [0.29, 0.717) is 24.2 Å². The Labute approximate surface area is 168 Å². The second kappa shape index (κ2) is 7.84. The van der Waals surface area contributed by atoms with Crippen molar-refractivity contribution in [2.75, 3.05) is 26.2 Å². The lowest BCUT2D eigenvalue weighted by molar-refractivity contribution is -0.132. The molecule has 1 amide bonds. The number of carbonyl (C=O) groups is 1. The minimum Gasteiger partial charge on any atom is -0.408 e. The normalized spacial score (nSPS) is 15.7. The van der Waals surface area contributed by atoms with Crippen LogP contribution in [0, 0.1) is 0 Å². The molecular formula is C20H21N3O5S. The Kier molecular flexibility index (Phi) is 5.25. The summed E-state index contributed by atoms with van der Waals surface area (Å²) in [5, 5.41) is 0. The van der Waals surface area contributed by atoms with Crippen LogP contribution in [0.4, 0.5) is 0 Å². The Morgan fingerprint density at radius 3 is 2.31 bits per heavy atom. The van der Waals surface area contributed by atoms with Crippen molar-refractivity contribution in [1.82, 2.24) is 13.8 Å². The van der Waals surface area contributed by atoms with Gasteiger partial charge >= 0.3 is 5.76 Å². The van der Waals surface area contributed by atoms with Gasteiger partial charge in [0.1, 0.15) is 0 Å². The lowest BCUT2D eigenvalue weighted by Gasteiger charge is -2.34. The van der Waals surface area contributed by atoms with Gasteiger partial charge in [0.25, 0.3) is 0 Å². The molecule has 3 aromatic rings. The van der Waals surface area contributed by atoms with Crippen LogP contribution in [0.2, 0.25) is 0 Å². The zero-order chi connectivity index (χ0) is 20.4. The molecule has 0 atom stereocenters. The van der Waals surface area contributed by atoms with Crippen LogP contribution in [0.3, 0.4) is 0 Å². The molecule has 2 heterocycles. The van der Waals surface area contributed by atoms with Crippen LogP contribution < -0.4 is 5.76 Å². The zero-order valence-electron chi connectivity index (χ0n) is 15.7. The van der Waals surface area contributed by atoms with Crippen molar-refractivity contribution in [3.05, 3.63) is 65.1 Å². The summed E-state index contributed by atoms with van der Waals surface area (Å²) >= 11 is 0. The molecule has 1 aliphatic rings. The molecule has 0 N–H and O–H groups in total. The van der Waals surface area contributed by atoms with E-state index in [1.165, 1.54) is 8.87 Å². The maximum absolute atomic E-state index is 12.7. The van der Waals surface area contributed by atoms with Gasteiger partial charge in [-0.1, -0.05) is 30.3 Å². The highest BCUT2D eigenvalue weighted by atomic mass is 32.2. The first-order valence-electron chi connectivity index (χ1n) is 9.38. The van der Waals surface area contributed by atoms with Crippen LogP contribution in [0.1, 0.15) is 6.42 Å². The van der Waals surface area contributed by atoms with Gasteiger partial charge in [-0.2, -0.15) is 4.31 Å². The van der Waals surface area contributed by atoms with Crippen molar-refractivity contribution in [2.45, 2.75) is 17.9 Å². The molecule has 1 saturated heterocycles. The topological polar surface area (TPSA) is 92.8 Å². The van der Waals surface area contributed by atoms with E-state index in [1.807, 2.05) is 6.07 Å². The number of amides is 1. The van der Waals surface area contributed by atoms with Gasteiger partial charge in [0.05, 0.1) is 10.4 Å². The first kappa shape index (κ1) is 19.4. The monoisotopic (exact) mass is 415 g/mol. The summed E-state index contributed by atoms with van der Waals surface area (Å²) < 4.78 is 33.4. The third-order valence-corrected chi connectivity index (χ3v) is 7.01. The number of oxazole rings is 1. The second-order valence-corrected chi connectivity index (χ2v) is 8.77. The molecule has 4 rings (SSSR count). The SMILES string of the molecule is O=C(CCn1c(=O)oc2ccccc21)N1CCN(S(=O)(=O)c2ccccc2)CC1. The van der Waals surface area contributed by atoms with E-state index in [0.717, 1.165) is 0 Å². The van der Waals surface area contributed by atoms with Crippen molar-refractivity contribution in [3.63, 3.8) is 0 Å². The number of piperazine rings is 1. The summed E-state index contributed by atoms with van der Waals surface area (Å²) in [7, 11) is -3.55. The van der Waals surface area contributed by atoms with E-state index in [-0.39, 0.29) is 36.9 Å². The van der Waals surface area contributed by atoms with Crippen LogP contribution in [-0.2, 0) is 21.4 Å². The fourth-order valence-corrected chi connectivity index (χ4v) is 4.95. The van der Waals surface area contributed by atoms with Gasteiger partial charge in [0.15, 0.2) is 5.58 Å². The van der Waals surface area contributed by atoms with Gasteiger partial charge in [-0.15, -0.1) is 0 Å². The average Bonchev–Trinajstić information content (AvgIpc) is 3.07. The minimum atomic E-state index is -3.55. The first-order valence-corrected chi connectivity index (χ1v) is 10.8. The van der Waals surface area contributed by atoms with Crippen molar-refractivity contribution < 1.29 is 17.6 Å². The summed E-state index contributed by atoms with van der Waals surface area (Å²) in [4.78, 5) is 26.5. The third kappa shape index (κ3) is 3.83. The highest BCUT2D eigenvalue weighted by molar-refractivity contribution is 7.89. The highest BCUT2D eigenvalue weighted by Gasteiger charge is 2.29. The van der Waals surface area contributed by atoms with E-state index in [9.17, 15) is 18.0 Å².